The van der Waals surface area contributed by atoms with E-state index in [1.54, 1.807) is 11.3 Å². The maximum absolute atomic E-state index is 4.78. The first-order valence-corrected chi connectivity index (χ1v) is 12.3. The molecule has 0 saturated carbocycles. The van der Waals surface area contributed by atoms with Crippen molar-refractivity contribution in [3.8, 4) is 0 Å². The summed E-state index contributed by atoms with van der Waals surface area (Å²) >= 11 is 3.57. The van der Waals surface area contributed by atoms with E-state index in [9.17, 15) is 0 Å². The molecule has 2 aromatic heterocycles. The van der Waals surface area contributed by atoms with Gasteiger partial charge in [-0.25, -0.2) is 4.98 Å². The van der Waals surface area contributed by atoms with E-state index >= 15 is 0 Å². The SMILES string of the molecule is CN=C(NCc1csc(CCc2ccccc2)n1)NC1CCN(c2cccs2)CC1.I. The average Bonchev–Trinajstić information content (AvgIpc) is 3.49. The normalized spacial score (nSPS) is 14.9. The fraction of sp³-hybridized carbons (Fsp3) is 0.391. The largest absolute Gasteiger partial charge is 0.363 e. The van der Waals surface area contributed by atoms with Crippen molar-refractivity contribution < 1.29 is 0 Å². The first-order valence-electron chi connectivity index (χ1n) is 10.5. The highest BCUT2D eigenvalue weighted by Gasteiger charge is 2.20. The van der Waals surface area contributed by atoms with Crippen molar-refractivity contribution in [3.63, 3.8) is 0 Å². The molecule has 8 heteroatoms. The summed E-state index contributed by atoms with van der Waals surface area (Å²) in [5.41, 5.74) is 2.45. The molecule has 1 aliphatic heterocycles. The molecule has 3 aromatic rings. The highest BCUT2D eigenvalue weighted by Crippen LogP contribution is 2.24. The van der Waals surface area contributed by atoms with Gasteiger partial charge in [0.05, 0.1) is 22.2 Å². The van der Waals surface area contributed by atoms with E-state index < -0.39 is 0 Å². The molecule has 0 atom stereocenters. The monoisotopic (exact) mass is 567 g/mol. The number of anilines is 1. The number of aromatic nitrogens is 1. The number of aliphatic imine (C=N–C) groups is 1. The summed E-state index contributed by atoms with van der Waals surface area (Å²) in [6.07, 6.45) is 4.27. The van der Waals surface area contributed by atoms with Gasteiger partial charge in [0, 0.05) is 38.0 Å². The van der Waals surface area contributed by atoms with E-state index in [0.717, 1.165) is 50.4 Å². The van der Waals surface area contributed by atoms with Crippen molar-refractivity contribution in [2.24, 2.45) is 4.99 Å². The zero-order valence-corrected chi connectivity index (χ0v) is 21.8. The summed E-state index contributed by atoms with van der Waals surface area (Å²) in [4.78, 5) is 11.7. The van der Waals surface area contributed by atoms with Crippen LogP contribution in [0.15, 0.2) is 58.2 Å². The number of hydrogen-bond acceptors (Lipinski definition) is 5. The molecule has 166 valence electrons. The molecule has 1 aliphatic rings. The Labute approximate surface area is 210 Å². The molecule has 3 heterocycles. The Bertz CT molecular complexity index is 919. The number of guanidine groups is 1. The van der Waals surface area contributed by atoms with Gasteiger partial charge in [0.25, 0.3) is 0 Å². The van der Waals surface area contributed by atoms with Gasteiger partial charge in [0.2, 0.25) is 0 Å². The van der Waals surface area contributed by atoms with Crippen LogP contribution in [-0.4, -0.2) is 37.1 Å². The maximum atomic E-state index is 4.78. The van der Waals surface area contributed by atoms with E-state index in [0.29, 0.717) is 12.6 Å². The first kappa shape index (κ1) is 24.0. The van der Waals surface area contributed by atoms with Gasteiger partial charge in [-0.3, -0.25) is 4.99 Å². The molecular formula is C23H30IN5S2. The van der Waals surface area contributed by atoms with Crippen LogP contribution in [0.5, 0.6) is 0 Å². The maximum Gasteiger partial charge on any atom is 0.191 e. The lowest BCUT2D eigenvalue weighted by Crippen LogP contribution is -2.48. The predicted molar refractivity (Wildman–Crippen MR) is 144 cm³/mol. The van der Waals surface area contributed by atoms with Gasteiger partial charge in [-0.15, -0.1) is 46.7 Å². The van der Waals surface area contributed by atoms with E-state index in [1.165, 1.54) is 15.6 Å². The van der Waals surface area contributed by atoms with Crippen molar-refractivity contribution in [2.75, 3.05) is 25.0 Å². The molecule has 5 nitrogen and oxygen atoms in total. The zero-order chi connectivity index (χ0) is 20.6. The lowest BCUT2D eigenvalue weighted by Gasteiger charge is -2.33. The Balaban J connectivity index is 0.00000272. The van der Waals surface area contributed by atoms with Crippen LogP contribution in [0.3, 0.4) is 0 Å². The van der Waals surface area contributed by atoms with Gasteiger partial charge < -0.3 is 15.5 Å². The summed E-state index contributed by atoms with van der Waals surface area (Å²) in [6, 6.07) is 15.4. The van der Waals surface area contributed by atoms with Crippen molar-refractivity contribution in [1.82, 2.24) is 15.6 Å². The van der Waals surface area contributed by atoms with Gasteiger partial charge in [-0.05, 0) is 42.3 Å². The van der Waals surface area contributed by atoms with E-state index in [-0.39, 0.29) is 24.0 Å². The van der Waals surface area contributed by atoms with Crippen LogP contribution in [0, 0.1) is 0 Å². The van der Waals surface area contributed by atoms with Gasteiger partial charge >= 0.3 is 0 Å². The standard InChI is InChI=1S/C23H29N5S2.HI/c1-24-23(27-19-11-13-28(14-12-19)22-8-5-15-29-22)25-16-20-17-30-21(26-20)10-9-18-6-3-2-4-7-18;/h2-8,15,17,19H,9-14,16H2,1H3,(H2,24,25,27);1H. The minimum Gasteiger partial charge on any atom is -0.363 e. The number of halogens is 1. The Morgan fingerprint density at radius 3 is 2.61 bits per heavy atom. The highest BCUT2D eigenvalue weighted by molar-refractivity contribution is 14.0. The van der Waals surface area contributed by atoms with Crippen LogP contribution < -0.4 is 15.5 Å². The third-order valence-corrected chi connectivity index (χ3v) is 7.27. The van der Waals surface area contributed by atoms with Crippen molar-refractivity contribution >= 4 is 57.6 Å². The van der Waals surface area contributed by atoms with Gasteiger partial charge in [0.1, 0.15) is 0 Å². The second-order valence-corrected chi connectivity index (χ2v) is 9.37. The van der Waals surface area contributed by atoms with E-state index in [2.05, 4.69) is 73.8 Å². The van der Waals surface area contributed by atoms with Crippen LogP contribution >= 0.6 is 46.7 Å². The molecule has 31 heavy (non-hydrogen) atoms. The Morgan fingerprint density at radius 1 is 1.10 bits per heavy atom. The first-order chi connectivity index (χ1) is 14.8. The Morgan fingerprint density at radius 2 is 1.90 bits per heavy atom. The van der Waals surface area contributed by atoms with Gasteiger partial charge in [-0.2, -0.15) is 0 Å². The number of hydrogen-bond donors (Lipinski definition) is 2. The number of aryl methyl sites for hydroxylation is 2. The van der Waals surface area contributed by atoms with Crippen LogP contribution in [0.25, 0.3) is 0 Å². The Hall–Kier alpha value is -1.65. The van der Waals surface area contributed by atoms with Crippen molar-refractivity contribution in [1.29, 1.82) is 0 Å². The van der Waals surface area contributed by atoms with Crippen molar-refractivity contribution in [3.05, 3.63) is 69.5 Å². The summed E-state index contributed by atoms with van der Waals surface area (Å²) in [6.45, 7) is 2.88. The smallest absolute Gasteiger partial charge is 0.191 e. The molecule has 4 rings (SSSR count). The fourth-order valence-electron chi connectivity index (χ4n) is 3.70. The molecule has 2 N–H and O–H groups in total. The van der Waals surface area contributed by atoms with E-state index in [4.69, 9.17) is 4.98 Å². The second kappa shape index (κ2) is 12.4. The lowest BCUT2D eigenvalue weighted by molar-refractivity contribution is 0.462. The molecule has 0 amide bonds. The van der Waals surface area contributed by atoms with Gasteiger partial charge in [0.15, 0.2) is 5.96 Å². The second-order valence-electron chi connectivity index (χ2n) is 7.50. The van der Waals surface area contributed by atoms with E-state index in [1.807, 2.05) is 18.4 Å². The molecule has 1 aromatic carbocycles. The van der Waals surface area contributed by atoms with Crippen molar-refractivity contribution in [2.45, 2.75) is 38.3 Å². The minimum atomic E-state index is 0. The number of nitrogens with one attached hydrogen (secondary N) is 2. The third kappa shape index (κ3) is 7.18. The average molecular weight is 568 g/mol. The quantitative estimate of drug-likeness (QED) is 0.241. The number of thiazole rings is 1. The third-order valence-electron chi connectivity index (χ3n) is 5.38. The summed E-state index contributed by atoms with van der Waals surface area (Å²) in [7, 11) is 1.84. The topological polar surface area (TPSA) is 52.6 Å². The molecule has 0 bridgehead atoms. The highest BCUT2D eigenvalue weighted by atomic mass is 127. The number of thiophene rings is 1. The summed E-state index contributed by atoms with van der Waals surface area (Å²) < 4.78 is 0. The number of benzene rings is 1. The fourth-order valence-corrected chi connectivity index (χ4v) is 5.28. The summed E-state index contributed by atoms with van der Waals surface area (Å²) in [5.74, 6) is 0.864. The predicted octanol–water partition coefficient (Wildman–Crippen LogP) is 4.94. The number of rotatable bonds is 7. The molecule has 0 spiro atoms. The van der Waals surface area contributed by atoms with Crippen LogP contribution in [-0.2, 0) is 19.4 Å². The minimum absolute atomic E-state index is 0. The molecule has 0 aliphatic carbocycles. The molecule has 0 radical (unpaired) electrons. The van der Waals surface area contributed by atoms with Gasteiger partial charge in [-0.1, -0.05) is 30.3 Å². The number of piperidine rings is 1. The molecule has 1 fully saturated rings. The lowest BCUT2D eigenvalue weighted by atomic mass is 10.1. The van der Waals surface area contributed by atoms with Crippen LogP contribution in [0.4, 0.5) is 5.00 Å². The number of nitrogens with zero attached hydrogens (tertiary/aromatic N) is 3. The van der Waals surface area contributed by atoms with Crippen LogP contribution in [0.1, 0.15) is 29.1 Å². The molecule has 0 unspecified atom stereocenters. The van der Waals surface area contributed by atoms with Crippen LogP contribution in [0.2, 0.25) is 0 Å². The summed E-state index contributed by atoms with van der Waals surface area (Å²) in [5, 5.41) is 13.9. The molecular weight excluding hydrogens is 537 g/mol. The molecule has 1 saturated heterocycles. The Kier molecular flexibility index (Phi) is 9.60. The zero-order valence-electron chi connectivity index (χ0n) is 17.8.